The van der Waals surface area contributed by atoms with Gasteiger partial charge in [-0.25, -0.2) is 43.2 Å². The van der Waals surface area contributed by atoms with E-state index < -0.39 is 169 Å². The SMILES string of the molecule is C=C(O)/C=C\C(=O)O[C@@H]1CO[C@H]2[C@@H]1OC[C@H]2OC(=O)/C=C/C(=O)O.C=C(O)/C=C\C(=O)O[C@@H]1CO[C@H]2[C@@H]1OC[C@H]2OC(=O)/C=C\C(=O)O.C=C(O)/C=C\C(=O)O[C@@H]1CO[C@H]2[C@@H]1OC[C@H]2OC(=O)CCC(=O)O.C=C(O)CCC(=O)O[C@@H]1CO[C@H]2[C@@H]1OC[C@H]2OC(=O)/C=C/C(=O)O. The number of aliphatic hydroxyl groups excluding tert-OH is 4. The van der Waals surface area contributed by atoms with Gasteiger partial charge in [-0.2, -0.15) is 0 Å². The highest BCUT2D eigenvalue weighted by atomic mass is 16.7. The zero-order valence-electron chi connectivity index (χ0n) is 50.5. The maximum absolute atomic E-state index is 11.7. The van der Waals surface area contributed by atoms with Crippen LogP contribution in [0.2, 0.25) is 0 Å². The molecule has 8 heterocycles. The quantitative estimate of drug-likeness (QED) is 0.0185. The Kier molecular flexibility index (Phi) is 30.1. The van der Waals surface area contributed by atoms with Gasteiger partial charge in [-0.3, -0.25) is 14.4 Å². The average molecular weight is 1370 g/mol. The molecule has 36 nitrogen and oxygen atoms in total. The molecule has 8 aliphatic heterocycles. The number of carbonyl (C=O) groups excluding carboxylic acids is 8. The average Bonchev–Trinajstić information content (AvgIpc) is 1.68. The fraction of sp³-hybridized carbons (Fsp3) is 0.467. The van der Waals surface area contributed by atoms with Crippen molar-refractivity contribution >= 4 is 71.6 Å². The van der Waals surface area contributed by atoms with Crippen molar-refractivity contribution in [2.24, 2.45) is 0 Å². The number of allylic oxidation sites excluding steroid dienone is 4. The molecule has 0 aliphatic carbocycles. The molecular weight excluding hydrogens is 1300 g/mol. The van der Waals surface area contributed by atoms with Crippen molar-refractivity contribution in [1.29, 1.82) is 0 Å². The Balaban J connectivity index is 0.000000231. The number of aliphatic hydroxyl groups is 4. The van der Waals surface area contributed by atoms with Crippen LogP contribution >= 0.6 is 0 Å². The third-order valence-electron chi connectivity index (χ3n) is 13.5. The molecule has 0 aromatic heterocycles. The number of hydrogen-bond acceptors (Lipinski definition) is 32. The Morgan fingerprint density at radius 2 is 0.458 bits per heavy atom. The third kappa shape index (κ3) is 25.7. The maximum Gasteiger partial charge on any atom is 0.331 e. The fourth-order valence-electron chi connectivity index (χ4n) is 9.48. The van der Waals surface area contributed by atoms with E-state index in [1.807, 2.05) is 0 Å². The van der Waals surface area contributed by atoms with Gasteiger partial charge in [-0.05, 0) is 18.2 Å². The number of hydrogen-bond donors (Lipinski definition) is 8. The summed E-state index contributed by atoms with van der Waals surface area (Å²) in [5, 5.41) is 69.5. The number of aliphatic carboxylic acids is 4. The summed E-state index contributed by atoms with van der Waals surface area (Å²) in [4.78, 5) is 134. The van der Waals surface area contributed by atoms with Crippen molar-refractivity contribution in [3.8, 4) is 0 Å². The second kappa shape index (κ2) is 37.7. The van der Waals surface area contributed by atoms with E-state index in [0.717, 1.165) is 54.7 Å². The van der Waals surface area contributed by atoms with Gasteiger partial charge in [-0.15, -0.1) is 0 Å². The van der Waals surface area contributed by atoms with Crippen LogP contribution in [0.4, 0.5) is 0 Å². The number of fused-ring (bicyclic) bond motifs is 4. The Morgan fingerprint density at radius 1 is 0.271 bits per heavy atom. The molecular formula is C60H68O36. The lowest BCUT2D eigenvalue weighted by molar-refractivity contribution is -0.156. The first kappa shape index (κ1) is 76.6. The van der Waals surface area contributed by atoms with Crippen molar-refractivity contribution in [3.05, 3.63) is 122 Å². The minimum absolute atomic E-state index is 0.0123. The Labute approximate surface area is 542 Å². The van der Waals surface area contributed by atoms with Crippen molar-refractivity contribution in [1.82, 2.24) is 0 Å². The van der Waals surface area contributed by atoms with Crippen LogP contribution in [-0.2, 0) is 133 Å². The van der Waals surface area contributed by atoms with Gasteiger partial charge >= 0.3 is 71.6 Å². The molecule has 0 aromatic rings. The lowest BCUT2D eigenvalue weighted by Gasteiger charge is -2.17. The molecule has 0 bridgehead atoms. The van der Waals surface area contributed by atoms with Gasteiger partial charge in [0.1, 0.15) is 66.1 Å². The van der Waals surface area contributed by atoms with Gasteiger partial charge in [0.25, 0.3) is 0 Å². The summed E-state index contributed by atoms with van der Waals surface area (Å²) in [7, 11) is 0. The first-order valence-electron chi connectivity index (χ1n) is 28.5. The van der Waals surface area contributed by atoms with Gasteiger partial charge in [0.15, 0.2) is 48.8 Å². The smallest absolute Gasteiger partial charge is 0.331 e. The molecule has 8 aliphatic rings. The molecule has 8 saturated heterocycles. The van der Waals surface area contributed by atoms with Crippen molar-refractivity contribution in [2.75, 3.05) is 52.9 Å². The minimum Gasteiger partial charge on any atom is -0.513 e. The predicted octanol–water partition coefficient (Wildman–Crippen LogP) is -0.0468. The Bertz CT molecular complexity index is 2790. The number of esters is 8. The summed E-state index contributed by atoms with van der Waals surface area (Å²) < 4.78 is 84.7. The molecule has 0 spiro atoms. The molecule has 0 amide bonds. The summed E-state index contributed by atoms with van der Waals surface area (Å²) in [6, 6.07) is 0. The first-order valence-corrected chi connectivity index (χ1v) is 28.5. The molecule has 16 atom stereocenters. The molecule has 8 rings (SSSR count). The summed E-state index contributed by atoms with van der Waals surface area (Å²) in [5.74, 6) is -11.6. The normalized spacial score (nSPS) is 28.7. The molecule has 8 N–H and O–H groups in total. The highest BCUT2D eigenvalue weighted by Crippen LogP contribution is 2.34. The Hall–Kier alpha value is -10.1. The summed E-state index contributed by atoms with van der Waals surface area (Å²) in [5.41, 5.74) is 0. The number of ether oxygens (including phenoxy) is 16. The van der Waals surface area contributed by atoms with E-state index in [2.05, 4.69) is 26.3 Å². The van der Waals surface area contributed by atoms with Gasteiger partial charge in [0.05, 0.1) is 77.9 Å². The van der Waals surface area contributed by atoms with Crippen LogP contribution < -0.4 is 0 Å². The number of carboxylic acids is 4. The molecule has 0 unspecified atom stereocenters. The number of carboxylic acid groups (broad SMARTS) is 4. The lowest BCUT2D eigenvalue weighted by Crippen LogP contribution is -2.35. The highest BCUT2D eigenvalue weighted by molar-refractivity contribution is 5.92. The standard InChI is InChI=1S/2C15H18O9.2C15H16O9/c4*1-8(16)2-4-12(19)23-9-6-21-15-10(7-22-14(9)15)24-13(20)5-3-11(17)18/h3,5,9-10,14-16H,1-2,4,6-7H2,(H,17,18);2,4,9-10,14-16H,1,3,5-7H2,(H,17,18);2*2-5,9-10,14-16H,1,6-7H2,(H,17,18)/b5-3+;4-2-;4-2-,5-3+;4-2-,5-3-/t4*9-,10-,14-,15-/m1111/s1. The fourth-order valence-corrected chi connectivity index (χ4v) is 9.48. The third-order valence-corrected chi connectivity index (χ3v) is 13.5. The van der Waals surface area contributed by atoms with Gasteiger partial charge in [0, 0.05) is 61.1 Å². The first-order chi connectivity index (χ1) is 45.5. The van der Waals surface area contributed by atoms with Crippen LogP contribution in [0.25, 0.3) is 0 Å². The molecule has 0 saturated carbocycles. The summed E-state index contributed by atoms with van der Waals surface area (Å²) in [6.45, 7) is 13.4. The molecule has 8 fully saturated rings. The van der Waals surface area contributed by atoms with Crippen LogP contribution in [0.1, 0.15) is 25.7 Å². The topological polar surface area (TPSA) is 514 Å². The molecule has 0 radical (unpaired) electrons. The van der Waals surface area contributed by atoms with Crippen molar-refractivity contribution in [2.45, 2.75) is 123 Å². The predicted molar refractivity (Wildman–Crippen MR) is 308 cm³/mol. The summed E-state index contributed by atoms with van der Waals surface area (Å²) in [6.07, 6.45) is 0.0285. The molecule has 524 valence electrons. The van der Waals surface area contributed by atoms with Crippen LogP contribution in [0, 0.1) is 0 Å². The van der Waals surface area contributed by atoms with E-state index >= 15 is 0 Å². The number of carbonyl (C=O) groups is 12. The largest absolute Gasteiger partial charge is 0.513 e. The Morgan fingerprint density at radius 3 is 0.635 bits per heavy atom. The van der Waals surface area contributed by atoms with Crippen LogP contribution in [0.15, 0.2) is 122 Å². The molecule has 96 heavy (non-hydrogen) atoms. The summed E-state index contributed by atoms with van der Waals surface area (Å²) >= 11 is 0. The van der Waals surface area contributed by atoms with Gasteiger partial charge in [0.2, 0.25) is 0 Å². The zero-order chi connectivity index (χ0) is 70.8. The monoisotopic (exact) mass is 1360 g/mol. The second-order valence-electron chi connectivity index (χ2n) is 20.7. The van der Waals surface area contributed by atoms with E-state index in [0.29, 0.717) is 18.2 Å². The molecule has 0 aromatic carbocycles. The van der Waals surface area contributed by atoms with Crippen molar-refractivity contribution in [3.63, 3.8) is 0 Å². The minimum atomic E-state index is -1.27. The lowest BCUT2D eigenvalue weighted by atomic mass is 10.1. The van der Waals surface area contributed by atoms with E-state index in [1.165, 1.54) is 0 Å². The van der Waals surface area contributed by atoms with Crippen LogP contribution in [-0.4, -0.2) is 263 Å². The maximum atomic E-state index is 11.7. The highest BCUT2D eigenvalue weighted by Gasteiger charge is 2.54. The zero-order valence-corrected chi connectivity index (χ0v) is 50.5. The van der Waals surface area contributed by atoms with Crippen LogP contribution in [0.5, 0.6) is 0 Å². The number of rotatable bonds is 26. The van der Waals surface area contributed by atoms with Crippen LogP contribution in [0.3, 0.4) is 0 Å². The molecule has 36 heteroatoms. The van der Waals surface area contributed by atoms with E-state index in [1.54, 1.807) is 0 Å². The van der Waals surface area contributed by atoms with E-state index in [-0.39, 0.29) is 102 Å². The van der Waals surface area contributed by atoms with Gasteiger partial charge in [-0.1, -0.05) is 26.3 Å². The van der Waals surface area contributed by atoms with E-state index in [4.69, 9.17) is 117 Å². The van der Waals surface area contributed by atoms with Gasteiger partial charge < -0.3 is 117 Å². The second-order valence-corrected chi connectivity index (χ2v) is 20.7. The van der Waals surface area contributed by atoms with Crippen molar-refractivity contribution < 1.29 is 174 Å². The van der Waals surface area contributed by atoms with E-state index in [9.17, 15) is 57.5 Å².